The topological polar surface area (TPSA) is 96.9 Å². The van der Waals surface area contributed by atoms with Gasteiger partial charge in [-0.3, -0.25) is 4.98 Å². The van der Waals surface area contributed by atoms with Crippen LogP contribution in [0.3, 0.4) is 0 Å². The number of pyridine rings is 3. The first-order valence-electron chi connectivity index (χ1n) is 11.5. The van der Waals surface area contributed by atoms with E-state index in [1.807, 2.05) is 0 Å². The summed E-state index contributed by atoms with van der Waals surface area (Å²) < 4.78 is 106. The van der Waals surface area contributed by atoms with E-state index in [0.29, 0.717) is 17.5 Å². The highest BCUT2D eigenvalue weighted by atomic mass is 32.2. The lowest BCUT2D eigenvalue weighted by Gasteiger charge is -2.15. The molecule has 0 aliphatic carbocycles. The van der Waals surface area contributed by atoms with Crippen LogP contribution in [-0.4, -0.2) is 29.1 Å². The van der Waals surface area contributed by atoms with E-state index >= 15 is 0 Å². The molecule has 39 heavy (non-hydrogen) atoms. The normalized spacial score (nSPS) is 12.6. The Labute approximate surface area is 219 Å². The number of nitrogens with one attached hydrogen (secondary N) is 2. The number of aromatic nitrogens is 3. The Kier molecular flexibility index (Phi) is 7.80. The Balaban J connectivity index is 1.79. The zero-order chi connectivity index (χ0) is 28.4. The summed E-state index contributed by atoms with van der Waals surface area (Å²) in [4.78, 5) is 12.4. The van der Waals surface area contributed by atoms with Crippen LogP contribution in [0.15, 0.2) is 60.8 Å². The molecule has 4 rings (SSSR count). The number of fused-ring (bicyclic) bond motifs is 1. The fourth-order valence-corrected chi connectivity index (χ4v) is 4.79. The van der Waals surface area contributed by atoms with Crippen LogP contribution in [0.1, 0.15) is 30.2 Å². The summed E-state index contributed by atoms with van der Waals surface area (Å²) in [7, 11) is -3.62. The Morgan fingerprint density at radius 3 is 2.26 bits per heavy atom. The molecule has 0 atom stereocenters. The maximum absolute atomic E-state index is 13.6. The molecule has 0 saturated carbocycles. The second kappa shape index (κ2) is 10.8. The lowest BCUT2D eigenvalue weighted by atomic mass is 10.1. The molecule has 3 aromatic heterocycles. The van der Waals surface area contributed by atoms with Gasteiger partial charge in [-0.15, -0.1) is 0 Å². The van der Waals surface area contributed by atoms with Gasteiger partial charge in [-0.25, -0.2) is 23.1 Å². The molecule has 4 aromatic rings. The van der Waals surface area contributed by atoms with Crippen molar-refractivity contribution in [3.8, 4) is 11.4 Å². The Bertz CT molecular complexity index is 1590. The number of rotatable bonds is 8. The highest BCUT2D eigenvalue weighted by molar-refractivity contribution is 7.89. The number of alkyl halides is 6. The quantitative estimate of drug-likeness (QED) is 0.242. The van der Waals surface area contributed by atoms with Crippen molar-refractivity contribution in [2.24, 2.45) is 0 Å². The zero-order valence-electron chi connectivity index (χ0n) is 20.2. The highest BCUT2D eigenvalue weighted by Crippen LogP contribution is 2.36. The molecule has 2 N–H and O–H groups in total. The molecule has 206 valence electrons. The van der Waals surface area contributed by atoms with E-state index in [9.17, 15) is 34.8 Å². The molecule has 0 aliphatic rings. The summed E-state index contributed by atoms with van der Waals surface area (Å²) in [5.74, 6) is -0.125. The second-order valence-corrected chi connectivity index (χ2v) is 10.4. The van der Waals surface area contributed by atoms with Crippen molar-refractivity contribution in [2.75, 3.05) is 11.1 Å². The van der Waals surface area contributed by atoms with Crippen LogP contribution < -0.4 is 10.0 Å². The number of anilines is 2. The smallest absolute Gasteiger partial charge is 0.355 e. The van der Waals surface area contributed by atoms with E-state index in [2.05, 4.69) is 25.0 Å². The van der Waals surface area contributed by atoms with E-state index in [1.165, 1.54) is 36.5 Å². The van der Waals surface area contributed by atoms with E-state index in [-0.39, 0.29) is 35.0 Å². The molecule has 14 heteroatoms. The van der Waals surface area contributed by atoms with Gasteiger partial charge in [0.2, 0.25) is 10.0 Å². The molecule has 0 fully saturated rings. The van der Waals surface area contributed by atoms with Crippen molar-refractivity contribution in [1.29, 1.82) is 0 Å². The third-order valence-corrected chi connectivity index (χ3v) is 7.05. The third-order valence-electron chi connectivity index (χ3n) is 5.52. The SMILES string of the molecule is CCCS(=O)(=O)NCc1cc(Nc2ccc(C(F)(F)F)cc2)c2ccc(-c3ncccc3C(F)(F)F)nc2n1. The van der Waals surface area contributed by atoms with E-state index < -0.39 is 39.2 Å². The molecular weight excluding hydrogens is 548 g/mol. The molecule has 0 bridgehead atoms. The minimum atomic E-state index is -4.69. The number of halogens is 6. The highest BCUT2D eigenvalue weighted by Gasteiger charge is 2.35. The predicted octanol–water partition coefficient (Wildman–Crippen LogP) is 6.30. The fraction of sp³-hybridized carbons (Fsp3) is 0.240. The second-order valence-electron chi connectivity index (χ2n) is 8.47. The van der Waals surface area contributed by atoms with E-state index in [4.69, 9.17) is 0 Å². The third kappa shape index (κ3) is 6.81. The van der Waals surface area contributed by atoms with Gasteiger partial charge in [0.15, 0.2) is 5.65 Å². The molecule has 0 aliphatic heterocycles. The Morgan fingerprint density at radius 1 is 0.897 bits per heavy atom. The maximum Gasteiger partial charge on any atom is 0.418 e. The van der Waals surface area contributed by atoms with Crippen LogP contribution in [-0.2, 0) is 28.9 Å². The molecule has 0 spiro atoms. The average Bonchev–Trinajstić information content (AvgIpc) is 2.86. The van der Waals surface area contributed by atoms with E-state index in [1.54, 1.807) is 6.92 Å². The maximum atomic E-state index is 13.6. The number of benzene rings is 1. The first-order valence-corrected chi connectivity index (χ1v) is 13.2. The first kappa shape index (κ1) is 28.2. The van der Waals surface area contributed by atoms with Crippen molar-refractivity contribution >= 4 is 32.4 Å². The van der Waals surface area contributed by atoms with Gasteiger partial charge in [0.05, 0.1) is 40.5 Å². The first-order chi connectivity index (χ1) is 18.3. The van der Waals surface area contributed by atoms with E-state index in [0.717, 1.165) is 24.3 Å². The summed E-state index contributed by atoms with van der Waals surface area (Å²) in [6, 6.07) is 10.5. The molecule has 0 radical (unpaired) electrons. The summed E-state index contributed by atoms with van der Waals surface area (Å²) in [6.07, 6.45) is -7.65. The van der Waals surface area contributed by atoms with Crippen LogP contribution >= 0.6 is 0 Å². The van der Waals surface area contributed by atoms with Gasteiger partial charge in [0, 0.05) is 17.3 Å². The Hall–Kier alpha value is -3.78. The van der Waals surface area contributed by atoms with Crippen LogP contribution in [0.25, 0.3) is 22.4 Å². The van der Waals surface area contributed by atoms with Crippen molar-refractivity contribution in [2.45, 2.75) is 32.2 Å². The molecule has 3 heterocycles. The standard InChI is InChI=1S/C25H21F6N5O2S/c1-2-12-39(37,38)33-14-17-13-21(34-16-7-5-15(6-8-16)24(26,27)28)18-9-10-20(36-23(18)35-17)22-19(25(29,30)31)4-3-11-32-22/h3-11,13,33H,2,12,14H2,1H3,(H,34,35,36). The largest absolute Gasteiger partial charge is 0.418 e. The lowest BCUT2D eigenvalue weighted by molar-refractivity contribution is -0.138. The van der Waals surface area contributed by atoms with Gasteiger partial charge >= 0.3 is 12.4 Å². The number of nitrogens with zero attached hydrogens (tertiary/aromatic N) is 3. The van der Waals surface area contributed by atoms with Crippen molar-refractivity contribution < 1.29 is 34.8 Å². The van der Waals surface area contributed by atoms with Gasteiger partial charge < -0.3 is 5.32 Å². The minimum Gasteiger partial charge on any atom is -0.355 e. The molecular formula is C25H21F6N5O2S. The minimum absolute atomic E-state index is 0.0205. The number of hydrogen-bond donors (Lipinski definition) is 2. The van der Waals surface area contributed by atoms with Gasteiger partial charge in [0.25, 0.3) is 0 Å². The number of hydrogen-bond acceptors (Lipinski definition) is 6. The van der Waals surface area contributed by atoms with Crippen LogP contribution in [0.2, 0.25) is 0 Å². The van der Waals surface area contributed by atoms with Crippen molar-refractivity contribution in [1.82, 2.24) is 19.7 Å². The Morgan fingerprint density at radius 2 is 1.62 bits per heavy atom. The van der Waals surface area contributed by atoms with Crippen LogP contribution in [0.5, 0.6) is 0 Å². The average molecular weight is 570 g/mol. The molecule has 7 nitrogen and oxygen atoms in total. The van der Waals surface area contributed by atoms with Crippen LogP contribution in [0.4, 0.5) is 37.7 Å². The summed E-state index contributed by atoms with van der Waals surface area (Å²) >= 11 is 0. The summed E-state index contributed by atoms with van der Waals surface area (Å²) in [6.45, 7) is 1.45. The fourth-order valence-electron chi connectivity index (χ4n) is 3.74. The molecule has 0 unspecified atom stereocenters. The van der Waals surface area contributed by atoms with Gasteiger partial charge in [0.1, 0.15) is 5.69 Å². The van der Waals surface area contributed by atoms with Gasteiger partial charge in [-0.1, -0.05) is 6.92 Å². The molecule has 0 saturated heterocycles. The molecule has 1 aromatic carbocycles. The van der Waals surface area contributed by atoms with Crippen LogP contribution in [0, 0.1) is 0 Å². The molecule has 0 amide bonds. The summed E-state index contributed by atoms with van der Waals surface area (Å²) in [5, 5.41) is 3.30. The van der Waals surface area contributed by atoms with Gasteiger partial charge in [-0.2, -0.15) is 26.3 Å². The van der Waals surface area contributed by atoms with Crippen molar-refractivity contribution in [3.05, 3.63) is 77.6 Å². The van der Waals surface area contributed by atoms with Gasteiger partial charge in [-0.05, 0) is 61.0 Å². The zero-order valence-corrected chi connectivity index (χ0v) is 21.0. The monoisotopic (exact) mass is 569 g/mol. The number of sulfonamides is 1. The lowest BCUT2D eigenvalue weighted by Crippen LogP contribution is -2.26. The summed E-state index contributed by atoms with van der Waals surface area (Å²) in [5.41, 5.74) is -1.63. The predicted molar refractivity (Wildman–Crippen MR) is 133 cm³/mol. The van der Waals surface area contributed by atoms with Crippen molar-refractivity contribution in [3.63, 3.8) is 0 Å².